The molecule has 0 amide bonds. The van der Waals surface area contributed by atoms with Gasteiger partial charge in [0.25, 0.3) is 0 Å². The van der Waals surface area contributed by atoms with Crippen molar-refractivity contribution >= 4 is 5.97 Å². The molecule has 5 nitrogen and oxygen atoms in total. The Labute approximate surface area is 115 Å². The average Bonchev–Trinajstić information content (AvgIpc) is 3.18. The lowest BCUT2D eigenvalue weighted by Gasteiger charge is -2.35. The summed E-state index contributed by atoms with van der Waals surface area (Å²) in [5.41, 5.74) is -0.522. The summed E-state index contributed by atoms with van der Waals surface area (Å²) in [5.74, 6) is 0.305. The summed E-state index contributed by atoms with van der Waals surface area (Å²) in [6.07, 6.45) is 3.58. The van der Waals surface area contributed by atoms with Gasteiger partial charge >= 0.3 is 5.97 Å². The fourth-order valence-corrected chi connectivity index (χ4v) is 3.19. The van der Waals surface area contributed by atoms with Gasteiger partial charge in [-0.2, -0.15) is 0 Å². The smallest absolute Gasteiger partial charge is 0.327 e. The minimum atomic E-state index is -0.522. The molecule has 2 rings (SSSR count). The Morgan fingerprint density at radius 1 is 1.37 bits per heavy atom. The first kappa shape index (κ1) is 14.8. The molecule has 1 aliphatic carbocycles. The van der Waals surface area contributed by atoms with E-state index in [1.807, 2.05) is 6.92 Å². The highest BCUT2D eigenvalue weighted by Gasteiger charge is 2.52. The summed E-state index contributed by atoms with van der Waals surface area (Å²) >= 11 is 0. The van der Waals surface area contributed by atoms with Crippen LogP contribution in [0.1, 0.15) is 26.2 Å². The van der Waals surface area contributed by atoms with E-state index in [1.165, 1.54) is 7.11 Å². The van der Waals surface area contributed by atoms with Crippen LogP contribution in [0, 0.1) is 5.92 Å². The number of carbonyl (C=O) groups excluding carboxylic acids is 1. The van der Waals surface area contributed by atoms with E-state index in [0.29, 0.717) is 12.0 Å². The van der Waals surface area contributed by atoms with Gasteiger partial charge in [-0.05, 0) is 31.7 Å². The molecule has 2 aliphatic rings. The molecule has 0 spiro atoms. The van der Waals surface area contributed by atoms with Crippen LogP contribution in [0.15, 0.2) is 0 Å². The van der Waals surface area contributed by atoms with Crippen LogP contribution in [0.4, 0.5) is 0 Å². The Morgan fingerprint density at radius 3 is 2.58 bits per heavy atom. The van der Waals surface area contributed by atoms with E-state index in [-0.39, 0.29) is 5.97 Å². The Balaban J connectivity index is 2.06. The maximum absolute atomic E-state index is 12.3. The third-order valence-corrected chi connectivity index (χ3v) is 4.35. The topological polar surface area (TPSA) is 50.8 Å². The molecular weight excluding hydrogens is 244 g/mol. The predicted molar refractivity (Wildman–Crippen MR) is 73.0 cm³/mol. The first-order valence-electron chi connectivity index (χ1n) is 7.25. The van der Waals surface area contributed by atoms with Crippen LogP contribution < -0.4 is 5.32 Å². The van der Waals surface area contributed by atoms with E-state index in [1.54, 1.807) is 7.11 Å². The molecule has 0 bridgehead atoms. The van der Waals surface area contributed by atoms with Crippen LogP contribution in [0.5, 0.6) is 0 Å². The number of likely N-dealkylation sites (N-methyl/N-ethyl adjacent to an activating group) is 1. The molecular formula is C14H26N2O3. The summed E-state index contributed by atoms with van der Waals surface area (Å²) < 4.78 is 10.5. The summed E-state index contributed by atoms with van der Waals surface area (Å²) in [7, 11) is 3.24. The molecule has 1 N–H and O–H groups in total. The third-order valence-electron chi connectivity index (χ3n) is 4.35. The lowest BCUT2D eigenvalue weighted by molar-refractivity contribution is -0.150. The van der Waals surface area contributed by atoms with Crippen molar-refractivity contribution in [3.63, 3.8) is 0 Å². The molecule has 2 fully saturated rings. The second-order valence-corrected chi connectivity index (χ2v) is 5.65. The fourth-order valence-electron chi connectivity index (χ4n) is 3.19. The molecule has 5 heteroatoms. The van der Waals surface area contributed by atoms with Crippen molar-refractivity contribution in [3.05, 3.63) is 0 Å². The normalized spacial score (nSPS) is 27.2. The standard InChI is InChI=1S/C14H26N2O3/c1-4-15-14(11-5-6-11,13(17)19-3)10-16-8-7-12(9-16)18-2/h11-12,15H,4-10H2,1-3H3. The average molecular weight is 270 g/mol. The Kier molecular flexibility index (Phi) is 4.81. The van der Waals surface area contributed by atoms with Gasteiger partial charge in [0.1, 0.15) is 5.54 Å². The van der Waals surface area contributed by atoms with E-state index in [0.717, 1.165) is 45.4 Å². The molecule has 1 aliphatic heterocycles. The van der Waals surface area contributed by atoms with Crippen LogP contribution in [0.3, 0.4) is 0 Å². The largest absolute Gasteiger partial charge is 0.468 e. The zero-order chi connectivity index (χ0) is 13.9. The second-order valence-electron chi connectivity index (χ2n) is 5.65. The van der Waals surface area contributed by atoms with E-state index in [2.05, 4.69) is 10.2 Å². The number of likely N-dealkylation sites (tertiary alicyclic amines) is 1. The molecule has 1 saturated carbocycles. The number of ether oxygens (including phenoxy) is 2. The highest BCUT2D eigenvalue weighted by atomic mass is 16.5. The van der Waals surface area contributed by atoms with Gasteiger partial charge in [-0.15, -0.1) is 0 Å². The highest BCUT2D eigenvalue weighted by molar-refractivity contribution is 5.82. The van der Waals surface area contributed by atoms with Gasteiger partial charge in [0.15, 0.2) is 0 Å². The minimum absolute atomic E-state index is 0.113. The minimum Gasteiger partial charge on any atom is -0.468 e. The van der Waals surface area contributed by atoms with Gasteiger partial charge in [0.05, 0.1) is 13.2 Å². The van der Waals surface area contributed by atoms with Gasteiger partial charge in [-0.3, -0.25) is 4.90 Å². The van der Waals surface area contributed by atoms with Gasteiger partial charge in [-0.1, -0.05) is 6.92 Å². The number of hydrogen-bond donors (Lipinski definition) is 1. The Bertz CT molecular complexity index is 320. The van der Waals surface area contributed by atoms with Crippen LogP contribution in [-0.4, -0.2) is 62.9 Å². The first-order chi connectivity index (χ1) is 9.16. The fraction of sp³-hybridized carbons (Fsp3) is 0.929. The van der Waals surface area contributed by atoms with Crippen molar-refractivity contribution in [1.82, 2.24) is 10.2 Å². The molecule has 2 atom stereocenters. The van der Waals surface area contributed by atoms with Gasteiger partial charge < -0.3 is 14.8 Å². The summed E-state index contributed by atoms with van der Waals surface area (Å²) in [4.78, 5) is 14.6. The van der Waals surface area contributed by atoms with Crippen LogP contribution in [0.2, 0.25) is 0 Å². The second kappa shape index (κ2) is 6.20. The number of methoxy groups -OCH3 is 2. The monoisotopic (exact) mass is 270 g/mol. The van der Waals surface area contributed by atoms with E-state index in [9.17, 15) is 4.79 Å². The summed E-state index contributed by atoms with van der Waals surface area (Å²) in [6.45, 7) is 5.47. The van der Waals surface area contributed by atoms with Crippen molar-refractivity contribution in [3.8, 4) is 0 Å². The number of rotatable bonds is 7. The van der Waals surface area contributed by atoms with Crippen LogP contribution >= 0.6 is 0 Å². The third kappa shape index (κ3) is 3.09. The molecule has 0 aromatic carbocycles. The van der Waals surface area contributed by atoms with Crippen LogP contribution in [0.25, 0.3) is 0 Å². The number of nitrogens with zero attached hydrogens (tertiary/aromatic N) is 1. The Morgan fingerprint density at radius 2 is 2.11 bits per heavy atom. The van der Waals surface area contributed by atoms with Gasteiger partial charge in [0, 0.05) is 26.7 Å². The lowest BCUT2D eigenvalue weighted by atomic mass is 9.92. The molecule has 1 saturated heterocycles. The molecule has 110 valence electrons. The lowest BCUT2D eigenvalue weighted by Crippen LogP contribution is -2.61. The number of nitrogens with one attached hydrogen (secondary N) is 1. The maximum Gasteiger partial charge on any atom is 0.327 e. The molecule has 2 unspecified atom stereocenters. The Hall–Kier alpha value is -0.650. The molecule has 0 radical (unpaired) electrons. The predicted octanol–water partition coefficient (Wildman–Crippen LogP) is 0.638. The van der Waals surface area contributed by atoms with E-state index < -0.39 is 5.54 Å². The zero-order valence-corrected chi connectivity index (χ0v) is 12.3. The highest BCUT2D eigenvalue weighted by Crippen LogP contribution is 2.41. The number of carbonyl (C=O) groups is 1. The first-order valence-corrected chi connectivity index (χ1v) is 7.25. The van der Waals surface area contributed by atoms with Crippen molar-refractivity contribution in [1.29, 1.82) is 0 Å². The summed E-state index contributed by atoms with van der Waals surface area (Å²) in [5, 5.41) is 3.41. The molecule has 19 heavy (non-hydrogen) atoms. The molecule has 0 aromatic rings. The van der Waals surface area contributed by atoms with Crippen LogP contribution in [-0.2, 0) is 14.3 Å². The van der Waals surface area contributed by atoms with E-state index in [4.69, 9.17) is 9.47 Å². The zero-order valence-electron chi connectivity index (χ0n) is 12.3. The molecule has 0 aromatic heterocycles. The van der Waals surface area contributed by atoms with Crippen molar-refractivity contribution in [2.24, 2.45) is 5.92 Å². The van der Waals surface area contributed by atoms with Crippen molar-refractivity contribution in [2.75, 3.05) is 40.4 Å². The quantitative estimate of drug-likeness (QED) is 0.688. The molecule has 1 heterocycles. The van der Waals surface area contributed by atoms with Gasteiger partial charge in [0.2, 0.25) is 0 Å². The number of hydrogen-bond acceptors (Lipinski definition) is 5. The van der Waals surface area contributed by atoms with Crippen molar-refractivity contribution < 1.29 is 14.3 Å². The SMILES string of the molecule is CCNC(CN1CCC(OC)C1)(C(=O)OC)C1CC1. The summed E-state index contributed by atoms with van der Waals surface area (Å²) in [6, 6.07) is 0. The van der Waals surface area contributed by atoms with Crippen molar-refractivity contribution in [2.45, 2.75) is 37.8 Å². The van der Waals surface area contributed by atoms with E-state index >= 15 is 0 Å². The maximum atomic E-state index is 12.3. The number of esters is 1. The van der Waals surface area contributed by atoms with Gasteiger partial charge in [-0.25, -0.2) is 4.79 Å².